The van der Waals surface area contributed by atoms with Crippen molar-refractivity contribution < 1.29 is 9.90 Å². The van der Waals surface area contributed by atoms with Crippen LogP contribution in [0.4, 0.5) is 4.79 Å². The Morgan fingerprint density at radius 3 is 2.90 bits per heavy atom. The van der Waals surface area contributed by atoms with Gasteiger partial charge in [-0.15, -0.1) is 11.3 Å². The standard InChI is InChI=1S/C16H26N2O2S/c1-11(2)9-13(15-5-4-8-21-15)17-16(20)18-7-6-12(3)14(19)10-18/h4-5,8,11-14,19H,6-7,9-10H2,1-3H3,(H,17,20). The van der Waals surface area contributed by atoms with E-state index in [4.69, 9.17) is 0 Å². The molecule has 21 heavy (non-hydrogen) atoms. The number of hydrogen-bond donors (Lipinski definition) is 2. The topological polar surface area (TPSA) is 52.6 Å². The number of nitrogens with one attached hydrogen (secondary N) is 1. The SMILES string of the molecule is CC(C)CC(NC(=O)N1CCC(C)C(O)C1)c1cccs1. The highest BCUT2D eigenvalue weighted by atomic mass is 32.1. The van der Waals surface area contributed by atoms with Crippen molar-refractivity contribution in [2.45, 2.75) is 45.8 Å². The number of thiophene rings is 1. The molecule has 0 saturated carbocycles. The molecule has 1 aromatic rings. The third-order valence-electron chi connectivity index (χ3n) is 4.10. The molecule has 3 atom stereocenters. The Hall–Kier alpha value is -1.07. The van der Waals surface area contributed by atoms with Crippen LogP contribution in [0.1, 0.15) is 44.5 Å². The fourth-order valence-corrected chi connectivity index (χ4v) is 3.47. The van der Waals surface area contributed by atoms with E-state index in [2.05, 4.69) is 25.2 Å². The number of β-amino-alcohol motifs (C(OH)–C–C–N with tert-alkyl or cyclic N) is 1. The molecule has 0 aromatic carbocycles. The van der Waals surface area contributed by atoms with Gasteiger partial charge >= 0.3 is 6.03 Å². The predicted octanol–water partition coefficient (Wildman–Crippen LogP) is 3.25. The molecule has 3 unspecified atom stereocenters. The van der Waals surface area contributed by atoms with Crippen molar-refractivity contribution in [3.63, 3.8) is 0 Å². The summed E-state index contributed by atoms with van der Waals surface area (Å²) in [6, 6.07) is 4.10. The zero-order chi connectivity index (χ0) is 15.4. The van der Waals surface area contributed by atoms with E-state index in [-0.39, 0.29) is 18.0 Å². The number of nitrogens with zero attached hydrogens (tertiary/aromatic N) is 1. The summed E-state index contributed by atoms with van der Waals surface area (Å²) in [7, 11) is 0. The highest BCUT2D eigenvalue weighted by Crippen LogP contribution is 2.26. The normalized spacial score (nSPS) is 24.1. The largest absolute Gasteiger partial charge is 0.391 e. The van der Waals surface area contributed by atoms with E-state index in [1.807, 2.05) is 18.4 Å². The van der Waals surface area contributed by atoms with Crippen LogP contribution in [0.5, 0.6) is 0 Å². The fraction of sp³-hybridized carbons (Fsp3) is 0.688. The van der Waals surface area contributed by atoms with Crippen molar-refractivity contribution in [1.82, 2.24) is 10.2 Å². The third kappa shape index (κ3) is 4.45. The van der Waals surface area contributed by atoms with Gasteiger partial charge in [-0.1, -0.05) is 26.8 Å². The summed E-state index contributed by atoms with van der Waals surface area (Å²) in [4.78, 5) is 15.4. The highest BCUT2D eigenvalue weighted by Gasteiger charge is 2.28. The zero-order valence-electron chi connectivity index (χ0n) is 13.1. The molecule has 2 N–H and O–H groups in total. The number of piperidine rings is 1. The monoisotopic (exact) mass is 310 g/mol. The van der Waals surface area contributed by atoms with Crippen LogP contribution in [0.25, 0.3) is 0 Å². The number of likely N-dealkylation sites (tertiary alicyclic amines) is 1. The second-order valence-electron chi connectivity index (χ2n) is 6.43. The number of hydrogen-bond acceptors (Lipinski definition) is 3. The van der Waals surface area contributed by atoms with Crippen LogP contribution in [-0.4, -0.2) is 35.2 Å². The lowest BCUT2D eigenvalue weighted by molar-refractivity contribution is 0.0428. The Bertz CT molecular complexity index is 447. The van der Waals surface area contributed by atoms with E-state index < -0.39 is 6.10 Å². The molecule has 0 bridgehead atoms. The maximum atomic E-state index is 12.4. The van der Waals surface area contributed by atoms with E-state index in [1.165, 1.54) is 4.88 Å². The lowest BCUT2D eigenvalue weighted by Gasteiger charge is -2.35. The van der Waals surface area contributed by atoms with Crippen molar-refractivity contribution in [1.29, 1.82) is 0 Å². The molecular formula is C16H26N2O2S. The molecule has 118 valence electrons. The summed E-state index contributed by atoms with van der Waals surface area (Å²) >= 11 is 1.68. The van der Waals surface area contributed by atoms with E-state index in [1.54, 1.807) is 16.2 Å². The van der Waals surface area contributed by atoms with Crippen molar-refractivity contribution >= 4 is 17.4 Å². The first-order valence-electron chi connectivity index (χ1n) is 7.74. The van der Waals surface area contributed by atoms with Crippen LogP contribution in [0.15, 0.2) is 17.5 Å². The fourth-order valence-electron chi connectivity index (χ4n) is 2.68. The van der Waals surface area contributed by atoms with Gasteiger partial charge in [-0.05, 0) is 36.1 Å². The van der Waals surface area contributed by atoms with Gasteiger partial charge in [0.15, 0.2) is 0 Å². The smallest absolute Gasteiger partial charge is 0.317 e. The van der Waals surface area contributed by atoms with Crippen LogP contribution in [0.2, 0.25) is 0 Å². The molecule has 0 aliphatic carbocycles. The molecule has 0 radical (unpaired) electrons. The van der Waals surface area contributed by atoms with Gasteiger partial charge in [0.05, 0.1) is 12.1 Å². The molecule has 0 spiro atoms. The van der Waals surface area contributed by atoms with Crippen molar-refractivity contribution in [2.75, 3.05) is 13.1 Å². The summed E-state index contributed by atoms with van der Waals surface area (Å²) in [5.41, 5.74) is 0. The van der Waals surface area contributed by atoms with Gasteiger partial charge in [0.25, 0.3) is 0 Å². The summed E-state index contributed by atoms with van der Waals surface area (Å²) in [5.74, 6) is 0.794. The quantitative estimate of drug-likeness (QED) is 0.897. The van der Waals surface area contributed by atoms with Gasteiger partial charge in [0.2, 0.25) is 0 Å². The Morgan fingerprint density at radius 2 is 2.33 bits per heavy atom. The number of carbonyl (C=O) groups excluding carboxylic acids is 1. The first kappa shape index (κ1) is 16.3. The summed E-state index contributed by atoms with van der Waals surface area (Å²) in [6.45, 7) is 7.53. The zero-order valence-corrected chi connectivity index (χ0v) is 13.9. The Labute approximate surface area is 131 Å². The Kier molecular flexibility index (Phi) is 5.65. The number of aliphatic hydroxyl groups is 1. The highest BCUT2D eigenvalue weighted by molar-refractivity contribution is 7.10. The minimum atomic E-state index is -0.408. The van der Waals surface area contributed by atoms with Crippen LogP contribution in [-0.2, 0) is 0 Å². The summed E-state index contributed by atoms with van der Waals surface area (Å²) in [5, 5.41) is 15.1. The van der Waals surface area contributed by atoms with E-state index in [0.29, 0.717) is 12.5 Å². The Morgan fingerprint density at radius 1 is 1.57 bits per heavy atom. The lowest BCUT2D eigenvalue weighted by atomic mass is 9.96. The van der Waals surface area contributed by atoms with E-state index in [0.717, 1.165) is 19.4 Å². The molecule has 2 rings (SSSR count). The van der Waals surface area contributed by atoms with Gasteiger partial charge in [-0.3, -0.25) is 0 Å². The molecular weight excluding hydrogens is 284 g/mol. The van der Waals surface area contributed by atoms with Gasteiger partial charge in [0, 0.05) is 18.0 Å². The van der Waals surface area contributed by atoms with Gasteiger partial charge in [-0.25, -0.2) is 4.79 Å². The minimum Gasteiger partial charge on any atom is -0.391 e. The summed E-state index contributed by atoms with van der Waals surface area (Å²) < 4.78 is 0. The number of aliphatic hydroxyl groups excluding tert-OH is 1. The van der Waals surface area contributed by atoms with Crippen molar-refractivity contribution in [3.8, 4) is 0 Å². The number of amides is 2. The number of urea groups is 1. The maximum Gasteiger partial charge on any atom is 0.317 e. The second kappa shape index (κ2) is 7.27. The summed E-state index contributed by atoms with van der Waals surface area (Å²) in [6.07, 6.45) is 1.39. The first-order chi connectivity index (χ1) is 9.97. The third-order valence-corrected chi connectivity index (χ3v) is 5.08. The number of carbonyl (C=O) groups is 1. The molecule has 5 heteroatoms. The molecule has 1 saturated heterocycles. The van der Waals surface area contributed by atoms with Crippen molar-refractivity contribution in [2.24, 2.45) is 11.8 Å². The van der Waals surface area contributed by atoms with Gasteiger partial charge in [0.1, 0.15) is 0 Å². The van der Waals surface area contributed by atoms with E-state index >= 15 is 0 Å². The molecule has 1 aromatic heterocycles. The lowest BCUT2D eigenvalue weighted by Crippen LogP contribution is -2.50. The van der Waals surface area contributed by atoms with Crippen LogP contribution < -0.4 is 5.32 Å². The molecule has 2 heterocycles. The van der Waals surface area contributed by atoms with E-state index in [9.17, 15) is 9.90 Å². The average Bonchev–Trinajstić information content (AvgIpc) is 2.94. The maximum absolute atomic E-state index is 12.4. The predicted molar refractivity (Wildman–Crippen MR) is 86.4 cm³/mol. The average molecular weight is 310 g/mol. The second-order valence-corrected chi connectivity index (χ2v) is 7.41. The minimum absolute atomic E-state index is 0.0556. The Balaban J connectivity index is 1.98. The van der Waals surface area contributed by atoms with Crippen LogP contribution >= 0.6 is 11.3 Å². The molecule has 4 nitrogen and oxygen atoms in total. The van der Waals surface area contributed by atoms with Crippen LogP contribution in [0, 0.1) is 11.8 Å². The van der Waals surface area contributed by atoms with Gasteiger partial charge < -0.3 is 15.3 Å². The van der Waals surface area contributed by atoms with Gasteiger partial charge in [-0.2, -0.15) is 0 Å². The molecule has 1 fully saturated rings. The van der Waals surface area contributed by atoms with Crippen molar-refractivity contribution in [3.05, 3.63) is 22.4 Å². The molecule has 1 aliphatic heterocycles. The first-order valence-corrected chi connectivity index (χ1v) is 8.62. The number of rotatable bonds is 4. The van der Waals surface area contributed by atoms with Crippen LogP contribution in [0.3, 0.4) is 0 Å². The molecule has 2 amide bonds. The molecule has 1 aliphatic rings.